The van der Waals surface area contributed by atoms with Gasteiger partial charge in [0.05, 0.1) is 5.56 Å². The third-order valence-electron chi connectivity index (χ3n) is 5.68. The van der Waals surface area contributed by atoms with Gasteiger partial charge in [-0.05, 0) is 54.5 Å². The maximum absolute atomic E-state index is 14.7. The first-order chi connectivity index (χ1) is 14.9. The zero-order valence-corrected chi connectivity index (χ0v) is 17.2. The van der Waals surface area contributed by atoms with Gasteiger partial charge in [0.1, 0.15) is 29.7 Å². The lowest BCUT2D eigenvalue weighted by Crippen LogP contribution is -2.47. The summed E-state index contributed by atoms with van der Waals surface area (Å²) in [6, 6.07) is 6.46. The van der Waals surface area contributed by atoms with E-state index in [0.717, 1.165) is 18.9 Å². The van der Waals surface area contributed by atoms with Gasteiger partial charge in [-0.2, -0.15) is 0 Å². The van der Waals surface area contributed by atoms with Crippen LogP contribution < -0.4 is 4.74 Å². The SMILES string of the molecule is O=NC(=O)c1cc(C2CC2)c(O[C@H]2CN(Cc3ccc(F)cc3Cl)CC[C@@H]2F)cc1F. The number of rotatable bonds is 6. The van der Waals surface area contributed by atoms with Gasteiger partial charge in [0.2, 0.25) is 0 Å². The zero-order chi connectivity index (χ0) is 22.1. The number of nitrogens with zero attached hydrogens (tertiary/aromatic N) is 2. The van der Waals surface area contributed by atoms with Crippen molar-refractivity contribution < 1.29 is 22.7 Å². The highest BCUT2D eigenvalue weighted by molar-refractivity contribution is 6.31. The Morgan fingerprint density at radius 3 is 2.65 bits per heavy atom. The molecule has 164 valence electrons. The first kappa shape index (κ1) is 21.8. The third kappa shape index (κ3) is 4.91. The van der Waals surface area contributed by atoms with Gasteiger partial charge in [0.25, 0.3) is 0 Å². The van der Waals surface area contributed by atoms with Crippen molar-refractivity contribution in [1.82, 2.24) is 4.90 Å². The van der Waals surface area contributed by atoms with E-state index in [9.17, 15) is 22.9 Å². The number of hydrogen-bond donors (Lipinski definition) is 0. The largest absolute Gasteiger partial charge is 0.486 e. The van der Waals surface area contributed by atoms with Crippen LogP contribution in [0.25, 0.3) is 0 Å². The summed E-state index contributed by atoms with van der Waals surface area (Å²) >= 11 is 6.10. The van der Waals surface area contributed by atoms with Crippen LogP contribution in [0.4, 0.5) is 13.2 Å². The summed E-state index contributed by atoms with van der Waals surface area (Å²) in [5.74, 6) is -2.29. The molecule has 0 unspecified atom stereocenters. The highest BCUT2D eigenvalue weighted by Gasteiger charge is 2.34. The van der Waals surface area contributed by atoms with Crippen molar-refractivity contribution in [1.29, 1.82) is 0 Å². The summed E-state index contributed by atoms with van der Waals surface area (Å²) in [4.78, 5) is 24.1. The maximum Gasteiger partial charge on any atom is 0.319 e. The molecule has 0 bridgehead atoms. The van der Waals surface area contributed by atoms with Crippen LogP contribution in [-0.2, 0) is 6.54 Å². The number of benzene rings is 2. The molecule has 1 aliphatic heterocycles. The summed E-state index contributed by atoms with van der Waals surface area (Å²) in [5, 5.41) is 2.58. The van der Waals surface area contributed by atoms with E-state index in [2.05, 4.69) is 5.18 Å². The van der Waals surface area contributed by atoms with E-state index in [1.165, 1.54) is 18.2 Å². The van der Waals surface area contributed by atoms with Crippen LogP contribution >= 0.6 is 11.6 Å². The van der Waals surface area contributed by atoms with Crippen LogP contribution in [0, 0.1) is 16.5 Å². The fourth-order valence-electron chi connectivity index (χ4n) is 3.86. The molecule has 0 N–H and O–H groups in total. The summed E-state index contributed by atoms with van der Waals surface area (Å²) < 4.78 is 48.2. The fraction of sp³-hybridized carbons (Fsp3) is 0.409. The van der Waals surface area contributed by atoms with E-state index in [-0.39, 0.29) is 24.6 Å². The average Bonchev–Trinajstić information content (AvgIpc) is 3.57. The number of nitroso groups, excluding NO2 is 1. The second-order valence-electron chi connectivity index (χ2n) is 7.97. The summed E-state index contributed by atoms with van der Waals surface area (Å²) in [6.07, 6.45) is -0.216. The first-order valence-corrected chi connectivity index (χ1v) is 10.4. The standard InChI is InChI=1S/C22H20ClF3N2O3/c23-17-7-14(24)4-3-13(17)10-28-6-5-18(25)21(11-28)31-20-9-19(26)16(22(29)27-30)8-15(20)12-1-2-12/h3-4,7-9,12,18,21H,1-2,5-6,10-11H2/t18-,21-/m0/s1. The van der Waals surface area contributed by atoms with Crippen molar-refractivity contribution in [2.24, 2.45) is 5.18 Å². The molecular weight excluding hydrogens is 433 g/mol. The van der Waals surface area contributed by atoms with Crippen LogP contribution in [0.3, 0.4) is 0 Å². The van der Waals surface area contributed by atoms with Gasteiger partial charge >= 0.3 is 5.91 Å². The van der Waals surface area contributed by atoms with E-state index < -0.39 is 35.4 Å². The predicted molar refractivity (Wildman–Crippen MR) is 109 cm³/mol. The molecule has 1 saturated heterocycles. The van der Waals surface area contributed by atoms with Crippen LogP contribution in [0.5, 0.6) is 5.75 Å². The topological polar surface area (TPSA) is 59.0 Å². The Balaban J connectivity index is 1.53. The van der Waals surface area contributed by atoms with Crippen LogP contribution in [0.1, 0.15) is 46.7 Å². The van der Waals surface area contributed by atoms with E-state index >= 15 is 0 Å². The Kier molecular flexibility index (Phi) is 6.29. The predicted octanol–water partition coefficient (Wildman–Crippen LogP) is 5.39. The monoisotopic (exact) mass is 452 g/mol. The molecule has 1 heterocycles. The second kappa shape index (κ2) is 8.96. The summed E-state index contributed by atoms with van der Waals surface area (Å²) in [6.45, 7) is 1.10. The Bertz CT molecular complexity index is 1020. The molecule has 1 aliphatic carbocycles. The van der Waals surface area contributed by atoms with E-state index in [1.54, 1.807) is 6.07 Å². The lowest BCUT2D eigenvalue weighted by molar-refractivity contribution is 0.0160. The summed E-state index contributed by atoms with van der Waals surface area (Å²) in [5.41, 5.74) is 0.893. The highest BCUT2D eigenvalue weighted by atomic mass is 35.5. The molecule has 2 atom stereocenters. The number of alkyl halides is 1. The Morgan fingerprint density at radius 1 is 1.19 bits per heavy atom. The Morgan fingerprint density at radius 2 is 1.97 bits per heavy atom. The molecule has 0 spiro atoms. The smallest absolute Gasteiger partial charge is 0.319 e. The van der Waals surface area contributed by atoms with Crippen molar-refractivity contribution in [3.05, 3.63) is 68.6 Å². The van der Waals surface area contributed by atoms with Crippen LogP contribution in [0.2, 0.25) is 5.02 Å². The van der Waals surface area contributed by atoms with Gasteiger partial charge in [0, 0.05) is 35.9 Å². The molecule has 0 aromatic heterocycles. The minimum Gasteiger partial charge on any atom is -0.486 e. The molecular formula is C22H20ClF3N2O3. The number of likely N-dealkylation sites (tertiary alicyclic amines) is 1. The van der Waals surface area contributed by atoms with E-state index in [4.69, 9.17) is 16.3 Å². The van der Waals surface area contributed by atoms with Gasteiger partial charge in [-0.25, -0.2) is 13.2 Å². The Hall–Kier alpha value is -2.45. The number of carbonyl (C=O) groups excluding carboxylic acids is 1. The minimum absolute atomic E-state index is 0.0737. The minimum atomic E-state index is -1.26. The molecule has 4 rings (SSSR count). The van der Waals surface area contributed by atoms with Gasteiger partial charge in [-0.1, -0.05) is 17.7 Å². The van der Waals surface area contributed by atoms with Crippen molar-refractivity contribution >= 4 is 17.5 Å². The molecule has 0 radical (unpaired) electrons. The van der Waals surface area contributed by atoms with Crippen LogP contribution in [0.15, 0.2) is 35.5 Å². The maximum atomic E-state index is 14.7. The lowest BCUT2D eigenvalue weighted by Gasteiger charge is -2.35. The number of amides is 1. The fourth-order valence-corrected chi connectivity index (χ4v) is 4.09. The third-order valence-corrected chi connectivity index (χ3v) is 6.03. The lowest BCUT2D eigenvalue weighted by atomic mass is 10.0. The van der Waals surface area contributed by atoms with Crippen molar-refractivity contribution in [2.45, 2.75) is 44.0 Å². The van der Waals surface area contributed by atoms with Gasteiger partial charge in [-0.15, -0.1) is 4.91 Å². The number of ether oxygens (including phenoxy) is 1. The number of carbonyl (C=O) groups is 1. The quantitative estimate of drug-likeness (QED) is 0.551. The molecule has 2 aliphatic rings. The van der Waals surface area contributed by atoms with Gasteiger partial charge in [-0.3, -0.25) is 9.69 Å². The van der Waals surface area contributed by atoms with Crippen LogP contribution in [-0.4, -0.2) is 36.2 Å². The average molecular weight is 453 g/mol. The van der Waals surface area contributed by atoms with E-state index in [0.29, 0.717) is 29.2 Å². The number of hydrogen-bond acceptors (Lipinski definition) is 4. The second-order valence-corrected chi connectivity index (χ2v) is 8.38. The summed E-state index contributed by atoms with van der Waals surface area (Å²) in [7, 11) is 0. The molecule has 2 aromatic rings. The van der Waals surface area contributed by atoms with Crippen molar-refractivity contribution in [2.75, 3.05) is 13.1 Å². The molecule has 1 saturated carbocycles. The molecule has 5 nitrogen and oxygen atoms in total. The van der Waals surface area contributed by atoms with Gasteiger partial charge < -0.3 is 4.74 Å². The van der Waals surface area contributed by atoms with E-state index in [1.807, 2.05) is 4.90 Å². The normalized spacial score (nSPS) is 21.7. The molecule has 2 aromatic carbocycles. The molecule has 9 heteroatoms. The van der Waals surface area contributed by atoms with Crippen molar-refractivity contribution in [3.8, 4) is 5.75 Å². The Labute approximate surface area is 182 Å². The van der Waals surface area contributed by atoms with Crippen molar-refractivity contribution in [3.63, 3.8) is 0 Å². The van der Waals surface area contributed by atoms with Gasteiger partial charge in [0.15, 0.2) is 0 Å². The zero-order valence-electron chi connectivity index (χ0n) is 16.5. The molecule has 31 heavy (non-hydrogen) atoms. The number of halogens is 4. The highest BCUT2D eigenvalue weighted by Crippen LogP contribution is 2.45. The molecule has 2 fully saturated rings. The number of piperidine rings is 1. The molecule has 1 amide bonds. The first-order valence-electron chi connectivity index (χ1n) is 10.0.